The lowest BCUT2D eigenvalue weighted by Gasteiger charge is -2.25. The Kier molecular flexibility index (Phi) is 2.77. The molecule has 1 heterocycles. The second kappa shape index (κ2) is 3.48. The van der Waals surface area contributed by atoms with E-state index in [1.54, 1.807) is 20.8 Å². The van der Waals surface area contributed by atoms with E-state index in [0.717, 1.165) is 4.57 Å². The van der Waals surface area contributed by atoms with E-state index in [1.807, 2.05) is 0 Å². The molecule has 0 saturated heterocycles. The Morgan fingerprint density at radius 2 is 1.73 bits per heavy atom. The lowest BCUT2D eigenvalue weighted by molar-refractivity contribution is -0.149. The zero-order valence-corrected chi connectivity index (χ0v) is 8.76. The highest BCUT2D eigenvalue weighted by atomic mass is 19.4. The lowest BCUT2D eigenvalue weighted by atomic mass is 10.1. The summed E-state index contributed by atoms with van der Waals surface area (Å²) in [6, 6.07) is 0. The third-order valence-electron chi connectivity index (χ3n) is 1.84. The van der Waals surface area contributed by atoms with Gasteiger partial charge in [0.1, 0.15) is 5.82 Å². The van der Waals surface area contributed by atoms with Crippen molar-refractivity contribution in [1.82, 2.24) is 14.8 Å². The van der Waals surface area contributed by atoms with E-state index in [2.05, 4.69) is 10.2 Å². The summed E-state index contributed by atoms with van der Waals surface area (Å²) in [5.41, 5.74) is 4.57. The van der Waals surface area contributed by atoms with Gasteiger partial charge in [0.05, 0.1) is 6.54 Å². The van der Waals surface area contributed by atoms with Crippen LogP contribution in [0.2, 0.25) is 0 Å². The number of hydrogen-bond acceptors (Lipinski definition) is 3. The molecule has 0 spiro atoms. The maximum atomic E-state index is 12.6. The number of hydrogen-bond donors (Lipinski definition) is 1. The number of halogens is 3. The fourth-order valence-corrected chi connectivity index (χ4v) is 1.34. The summed E-state index contributed by atoms with van der Waals surface area (Å²) in [7, 11) is 0. The first kappa shape index (κ1) is 12.0. The minimum Gasteiger partial charge on any atom is -0.324 e. The molecule has 0 aliphatic carbocycles. The zero-order valence-electron chi connectivity index (χ0n) is 8.76. The molecule has 0 radical (unpaired) electrons. The van der Waals surface area contributed by atoms with Gasteiger partial charge < -0.3 is 10.3 Å². The van der Waals surface area contributed by atoms with Crippen LogP contribution >= 0.6 is 0 Å². The van der Waals surface area contributed by atoms with E-state index < -0.39 is 17.5 Å². The molecule has 4 nitrogen and oxygen atoms in total. The van der Waals surface area contributed by atoms with Crippen LogP contribution in [0.15, 0.2) is 0 Å². The van der Waals surface area contributed by atoms with Crippen LogP contribution in [-0.2, 0) is 18.3 Å². The van der Waals surface area contributed by atoms with Crippen molar-refractivity contribution in [3.8, 4) is 0 Å². The van der Waals surface area contributed by atoms with Crippen molar-refractivity contribution < 1.29 is 13.2 Å². The first-order valence-corrected chi connectivity index (χ1v) is 4.40. The van der Waals surface area contributed by atoms with Gasteiger partial charge in [-0.3, -0.25) is 0 Å². The van der Waals surface area contributed by atoms with Gasteiger partial charge in [-0.25, -0.2) is 0 Å². The van der Waals surface area contributed by atoms with Gasteiger partial charge in [0.2, 0.25) is 5.82 Å². The highest BCUT2D eigenvalue weighted by molar-refractivity contribution is 5.03. The van der Waals surface area contributed by atoms with Crippen molar-refractivity contribution in [2.45, 2.75) is 39.0 Å². The Morgan fingerprint density at radius 1 is 1.20 bits per heavy atom. The molecule has 0 aliphatic rings. The van der Waals surface area contributed by atoms with Crippen molar-refractivity contribution >= 4 is 0 Å². The molecule has 0 amide bonds. The summed E-state index contributed by atoms with van der Waals surface area (Å²) in [5.74, 6) is -0.870. The molecule has 0 bridgehead atoms. The van der Waals surface area contributed by atoms with E-state index in [1.165, 1.54) is 0 Å². The highest BCUT2D eigenvalue weighted by Crippen LogP contribution is 2.31. The van der Waals surface area contributed by atoms with Crippen LogP contribution in [-0.4, -0.2) is 14.8 Å². The summed E-state index contributed by atoms with van der Waals surface area (Å²) in [5, 5.41) is 6.57. The molecule has 1 aromatic heterocycles. The van der Waals surface area contributed by atoms with E-state index >= 15 is 0 Å². The molecule has 1 aromatic rings. The third kappa shape index (κ3) is 2.28. The molecular weight excluding hydrogens is 209 g/mol. The molecule has 0 unspecified atom stereocenters. The fourth-order valence-electron chi connectivity index (χ4n) is 1.34. The van der Waals surface area contributed by atoms with Gasteiger partial charge in [0, 0.05) is 5.54 Å². The third-order valence-corrected chi connectivity index (χ3v) is 1.84. The Bertz CT molecular complexity index is 348. The van der Waals surface area contributed by atoms with Gasteiger partial charge in [-0.15, -0.1) is 10.2 Å². The quantitative estimate of drug-likeness (QED) is 0.783. The van der Waals surface area contributed by atoms with Gasteiger partial charge in [0.15, 0.2) is 0 Å². The van der Waals surface area contributed by atoms with Crippen LogP contribution in [0.3, 0.4) is 0 Å². The molecule has 7 heteroatoms. The molecule has 1 rings (SSSR count). The predicted molar refractivity (Wildman–Crippen MR) is 47.9 cm³/mol. The first-order chi connectivity index (χ1) is 6.68. The maximum absolute atomic E-state index is 12.6. The monoisotopic (exact) mass is 222 g/mol. The first-order valence-electron chi connectivity index (χ1n) is 4.40. The summed E-state index contributed by atoms with van der Waals surface area (Å²) in [4.78, 5) is 0. The summed E-state index contributed by atoms with van der Waals surface area (Å²) in [6.45, 7) is 4.86. The second-order valence-electron chi connectivity index (χ2n) is 4.15. The van der Waals surface area contributed by atoms with Crippen molar-refractivity contribution in [2.24, 2.45) is 5.73 Å². The van der Waals surface area contributed by atoms with E-state index in [-0.39, 0.29) is 12.4 Å². The highest BCUT2D eigenvalue weighted by Gasteiger charge is 2.40. The number of aromatic nitrogens is 3. The van der Waals surface area contributed by atoms with Crippen LogP contribution < -0.4 is 5.73 Å². The zero-order chi connectivity index (χ0) is 11.9. The summed E-state index contributed by atoms with van der Waals surface area (Å²) < 4.78 is 38.7. The molecule has 2 N–H and O–H groups in total. The number of rotatable bonds is 1. The van der Waals surface area contributed by atoms with Gasteiger partial charge in [0.25, 0.3) is 0 Å². The Morgan fingerprint density at radius 3 is 2.07 bits per heavy atom. The Labute approximate surface area is 85.3 Å². The average Bonchev–Trinajstić information content (AvgIpc) is 2.44. The van der Waals surface area contributed by atoms with E-state index in [4.69, 9.17) is 5.73 Å². The SMILES string of the molecule is CC(C)(C)n1c(CN)nnc1C(F)(F)F. The fraction of sp³-hybridized carbons (Fsp3) is 0.750. The number of nitrogens with two attached hydrogens (primary N) is 1. The van der Waals surface area contributed by atoms with Gasteiger partial charge in [-0.1, -0.05) is 0 Å². The summed E-state index contributed by atoms with van der Waals surface area (Å²) >= 11 is 0. The van der Waals surface area contributed by atoms with E-state index in [0.29, 0.717) is 0 Å². The standard InChI is InChI=1S/C8H13F3N4/c1-7(2,3)15-5(4-12)13-14-6(15)8(9,10)11/h4,12H2,1-3H3. The molecule has 86 valence electrons. The summed E-state index contributed by atoms with van der Waals surface area (Å²) in [6.07, 6.45) is -4.51. The molecule has 0 aliphatic heterocycles. The van der Waals surface area contributed by atoms with Gasteiger partial charge in [-0.2, -0.15) is 13.2 Å². The maximum Gasteiger partial charge on any atom is 0.451 e. The Balaban J connectivity index is 3.37. The van der Waals surface area contributed by atoms with Crippen LogP contribution in [0, 0.1) is 0 Å². The molecule has 0 saturated carbocycles. The largest absolute Gasteiger partial charge is 0.451 e. The average molecular weight is 222 g/mol. The van der Waals surface area contributed by atoms with Crippen molar-refractivity contribution in [3.05, 3.63) is 11.6 Å². The molecule has 0 aromatic carbocycles. The normalized spacial score (nSPS) is 13.3. The minimum atomic E-state index is -4.51. The smallest absolute Gasteiger partial charge is 0.324 e. The number of alkyl halides is 3. The topological polar surface area (TPSA) is 56.7 Å². The molecular formula is C8H13F3N4. The van der Waals surface area contributed by atoms with Crippen LogP contribution in [0.1, 0.15) is 32.4 Å². The van der Waals surface area contributed by atoms with Crippen LogP contribution in [0.4, 0.5) is 13.2 Å². The van der Waals surface area contributed by atoms with Crippen molar-refractivity contribution in [1.29, 1.82) is 0 Å². The van der Waals surface area contributed by atoms with Crippen molar-refractivity contribution in [3.63, 3.8) is 0 Å². The molecule has 0 atom stereocenters. The van der Waals surface area contributed by atoms with E-state index in [9.17, 15) is 13.2 Å². The van der Waals surface area contributed by atoms with Crippen LogP contribution in [0.5, 0.6) is 0 Å². The lowest BCUT2D eigenvalue weighted by Crippen LogP contribution is -2.30. The molecule has 15 heavy (non-hydrogen) atoms. The van der Waals surface area contributed by atoms with Crippen molar-refractivity contribution in [2.75, 3.05) is 0 Å². The molecule has 0 fully saturated rings. The Hall–Kier alpha value is -1.11. The van der Waals surface area contributed by atoms with Crippen LogP contribution in [0.25, 0.3) is 0 Å². The van der Waals surface area contributed by atoms with Gasteiger partial charge >= 0.3 is 6.18 Å². The second-order valence-corrected chi connectivity index (χ2v) is 4.15. The minimum absolute atomic E-state index is 0.0691. The number of nitrogens with zero attached hydrogens (tertiary/aromatic N) is 3. The predicted octanol–water partition coefficient (Wildman–Crippen LogP) is 1.51. The van der Waals surface area contributed by atoms with Gasteiger partial charge in [-0.05, 0) is 20.8 Å².